The van der Waals surface area contributed by atoms with Gasteiger partial charge >= 0.3 is 5.97 Å². The number of aromatic nitrogens is 2. The summed E-state index contributed by atoms with van der Waals surface area (Å²) in [6.07, 6.45) is 3.19. The Morgan fingerprint density at radius 3 is 2.33 bits per heavy atom. The van der Waals surface area contributed by atoms with Gasteiger partial charge in [-0.05, 0) is 30.0 Å². The van der Waals surface area contributed by atoms with Crippen molar-refractivity contribution in [1.29, 1.82) is 0 Å². The maximum absolute atomic E-state index is 12.1. The summed E-state index contributed by atoms with van der Waals surface area (Å²) in [7, 11) is 0. The molecule has 6 nitrogen and oxygen atoms in total. The number of amides is 1. The molecular formula is C18H21N3O3. The van der Waals surface area contributed by atoms with Crippen molar-refractivity contribution in [3.05, 3.63) is 54.1 Å². The van der Waals surface area contributed by atoms with Gasteiger partial charge < -0.3 is 10.1 Å². The van der Waals surface area contributed by atoms with Crippen molar-refractivity contribution in [2.75, 3.05) is 5.32 Å². The van der Waals surface area contributed by atoms with E-state index in [4.69, 9.17) is 4.74 Å². The topological polar surface area (TPSA) is 81.2 Å². The minimum atomic E-state index is -0.943. The Morgan fingerprint density at radius 1 is 1.12 bits per heavy atom. The molecule has 6 heteroatoms. The zero-order valence-electron chi connectivity index (χ0n) is 14.2. The number of nitrogens with one attached hydrogen (secondary N) is 1. The first kappa shape index (κ1) is 17.6. The smallest absolute Gasteiger partial charge is 0.359 e. The van der Waals surface area contributed by atoms with E-state index < -0.39 is 18.0 Å². The number of hydrogen-bond acceptors (Lipinski definition) is 5. The lowest BCUT2D eigenvalue weighted by Gasteiger charge is -2.19. The third-order valence-electron chi connectivity index (χ3n) is 3.44. The van der Waals surface area contributed by atoms with Gasteiger partial charge in [-0.3, -0.25) is 9.78 Å². The minimum absolute atomic E-state index is 0.0437. The molecule has 0 aliphatic heterocycles. The molecule has 1 amide bonds. The fraction of sp³-hybridized carbons (Fsp3) is 0.333. The van der Waals surface area contributed by atoms with Gasteiger partial charge in [-0.15, -0.1) is 0 Å². The maximum atomic E-state index is 12.1. The zero-order valence-corrected chi connectivity index (χ0v) is 14.2. The molecule has 0 aliphatic rings. The van der Waals surface area contributed by atoms with Crippen molar-refractivity contribution in [2.45, 2.75) is 39.2 Å². The van der Waals surface area contributed by atoms with Crippen LogP contribution >= 0.6 is 0 Å². The number of carbonyl (C=O) groups is 2. The van der Waals surface area contributed by atoms with Crippen LogP contribution in [-0.4, -0.2) is 27.9 Å². The van der Waals surface area contributed by atoms with Crippen molar-refractivity contribution in [1.82, 2.24) is 9.97 Å². The average Bonchev–Trinajstić information content (AvgIpc) is 2.55. The van der Waals surface area contributed by atoms with E-state index in [9.17, 15) is 9.59 Å². The number of nitrogens with zero attached hydrogens (tertiary/aromatic N) is 2. The Bertz CT molecular complexity index is 707. The first-order chi connectivity index (χ1) is 11.3. The predicted molar refractivity (Wildman–Crippen MR) is 90.7 cm³/mol. The van der Waals surface area contributed by atoms with Gasteiger partial charge in [-0.1, -0.05) is 32.9 Å². The molecular weight excluding hydrogens is 306 g/mol. The van der Waals surface area contributed by atoms with E-state index >= 15 is 0 Å². The number of hydrogen-bond donors (Lipinski definition) is 1. The molecule has 0 radical (unpaired) electrons. The fourth-order valence-corrected chi connectivity index (χ4v) is 1.98. The van der Waals surface area contributed by atoms with Gasteiger partial charge in [0.15, 0.2) is 11.8 Å². The molecule has 0 spiro atoms. The molecule has 2 rings (SSSR count). The van der Waals surface area contributed by atoms with Crippen molar-refractivity contribution in [3.63, 3.8) is 0 Å². The maximum Gasteiger partial charge on any atom is 0.359 e. The van der Waals surface area contributed by atoms with Crippen LogP contribution in [0.3, 0.4) is 0 Å². The first-order valence-electron chi connectivity index (χ1n) is 7.66. The third kappa shape index (κ3) is 4.62. The molecule has 0 saturated heterocycles. The molecule has 1 N–H and O–H groups in total. The van der Waals surface area contributed by atoms with E-state index in [0.717, 1.165) is 0 Å². The molecule has 1 atom stereocenters. The normalized spacial score (nSPS) is 12.3. The van der Waals surface area contributed by atoms with Crippen LogP contribution in [0.4, 0.5) is 5.69 Å². The number of anilines is 1. The van der Waals surface area contributed by atoms with E-state index in [1.54, 1.807) is 0 Å². The summed E-state index contributed by atoms with van der Waals surface area (Å²) in [6, 6.07) is 7.59. The summed E-state index contributed by atoms with van der Waals surface area (Å²) >= 11 is 0. The Morgan fingerprint density at radius 2 is 1.79 bits per heavy atom. The fourth-order valence-electron chi connectivity index (χ4n) is 1.98. The Kier molecular flexibility index (Phi) is 5.28. The van der Waals surface area contributed by atoms with Crippen molar-refractivity contribution < 1.29 is 14.3 Å². The van der Waals surface area contributed by atoms with E-state index in [0.29, 0.717) is 5.69 Å². The predicted octanol–water partition coefficient (Wildman–Crippen LogP) is 2.96. The summed E-state index contributed by atoms with van der Waals surface area (Å²) in [5, 5.41) is 2.72. The lowest BCUT2D eigenvalue weighted by molar-refractivity contribution is -0.123. The summed E-state index contributed by atoms with van der Waals surface area (Å²) in [5.74, 6) is -1.09. The van der Waals surface area contributed by atoms with Gasteiger partial charge in [-0.2, -0.15) is 0 Å². The van der Waals surface area contributed by atoms with Crippen LogP contribution in [0.15, 0.2) is 42.9 Å². The highest BCUT2D eigenvalue weighted by atomic mass is 16.5. The number of esters is 1. The second kappa shape index (κ2) is 7.21. The molecule has 1 aromatic carbocycles. The van der Waals surface area contributed by atoms with Gasteiger partial charge in [0.2, 0.25) is 0 Å². The van der Waals surface area contributed by atoms with E-state index in [2.05, 4.69) is 36.1 Å². The van der Waals surface area contributed by atoms with Crippen LogP contribution in [0.5, 0.6) is 0 Å². The second-order valence-electron chi connectivity index (χ2n) is 6.45. The minimum Gasteiger partial charge on any atom is -0.448 e. The Balaban J connectivity index is 1.95. The molecule has 0 saturated carbocycles. The van der Waals surface area contributed by atoms with Crippen LogP contribution in [0, 0.1) is 0 Å². The van der Waals surface area contributed by atoms with E-state index in [-0.39, 0.29) is 11.1 Å². The molecule has 2 aromatic rings. The molecule has 0 aliphatic carbocycles. The monoisotopic (exact) mass is 327 g/mol. The average molecular weight is 327 g/mol. The second-order valence-corrected chi connectivity index (χ2v) is 6.45. The summed E-state index contributed by atoms with van der Waals surface area (Å²) in [4.78, 5) is 31.6. The summed E-state index contributed by atoms with van der Waals surface area (Å²) in [6.45, 7) is 7.87. The van der Waals surface area contributed by atoms with Gasteiger partial charge in [0.1, 0.15) is 0 Å². The van der Waals surface area contributed by atoms with Gasteiger partial charge in [0.05, 0.1) is 6.20 Å². The van der Waals surface area contributed by atoms with Crippen molar-refractivity contribution in [2.24, 2.45) is 0 Å². The highest BCUT2D eigenvalue weighted by Gasteiger charge is 2.20. The summed E-state index contributed by atoms with van der Waals surface area (Å²) in [5.41, 5.74) is 1.92. The standard InChI is InChI=1S/C18H21N3O3/c1-12(24-17(23)15-11-19-9-10-20-15)16(22)21-14-7-5-13(6-8-14)18(2,3)4/h5-12H,1-4H3,(H,21,22). The highest BCUT2D eigenvalue weighted by Crippen LogP contribution is 2.23. The molecule has 126 valence electrons. The number of carbonyl (C=O) groups excluding carboxylic acids is 2. The summed E-state index contributed by atoms with van der Waals surface area (Å²) < 4.78 is 5.09. The molecule has 0 fully saturated rings. The largest absolute Gasteiger partial charge is 0.448 e. The highest BCUT2D eigenvalue weighted by molar-refractivity contribution is 5.96. The Hall–Kier alpha value is -2.76. The number of ether oxygens (including phenoxy) is 1. The van der Waals surface area contributed by atoms with Crippen LogP contribution in [-0.2, 0) is 14.9 Å². The molecule has 1 aromatic heterocycles. The molecule has 24 heavy (non-hydrogen) atoms. The van der Waals surface area contributed by atoms with Crippen molar-refractivity contribution in [3.8, 4) is 0 Å². The van der Waals surface area contributed by atoms with Gasteiger partial charge in [-0.25, -0.2) is 9.78 Å². The lowest BCUT2D eigenvalue weighted by Crippen LogP contribution is -2.30. The van der Waals surface area contributed by atoms with Gasteiger partial charge in [0, 0.05) is 18.1 Å². The zero-order chi connectivity index (χ0) is 17.7. The van der Waals surface area contributed by atoms with Crippen LogP contribution in [0.2, 0.25) is 0 Å². The van der Waals surface area contributed by atoms with Crippen LogP contribution in [0.25, 0.3) is 0 Å². The van der Waals surface area contributed by atoms with Crippen LogP contribution < -0.4 is 5.32 Å². The number of benzene rings is 1. The molecule has 1 heterocycles. The SMILES string of the molecule is CC(OC(=O)c1cnccn1)C(=O)Nc1ccc(C(C)(C)C)cc1. The third-order valence-corrected chi connectivity index (χ3v) is 3.44. The van der Waals surface area contributed by atoms with E-state index in [1.165, 1.54) is 31.1 Å². The van der Waals surface area contributed by atoms with Gasteiger partial charge in [0.25, 0.3) is 5.91 Å². The Labute approximate surface area is 141 Å². The molecule has 0 bridgehead atoms. The number of rotatable bonds is 4. The quantitative estimate of drug-likeness (QED) is 0.873. The molecule has 1 unspecified atom stereocenters. The lowest BCUT2D eigenvalue weighted by atomic mass is 9.87. The van der Waals surface area contributed by atoms with Crippen LogP contribution in [0.1, 0.15) is 43.7 Å². The van der Waals surface area contributed by atoms with E-state index in [1.807, 2.05) is 24.3 Å². The van der Waals surface area contributed by atoms with Crippen molar-refractivity contribution >= 4 is 17.6 Å². The first-order valence-corrected chi connectivity index (χ1v) is 7.66.